The Kier molecular flexibility index (Phi) is 4.90. The lowest BCUT2D eigenvalue weighted by atomic mass is 10.4. The van der Waals surface area contributed by atoms with Crippen LogP contribution < -0.4 is 5.32 Å². The number of ether oxygens (including phenoxy) is 1. The van der Waals surface area contributed by atoms with E-state index in [4.69, 9.17) is 4.74 Å². The van der Waals surface area contributed by atoms with Crippen molar-refractivity contribution in [3.05, 3.63) is 26.6 Å². The number of aromatic nitrogens is 2. The summed E-state index contributed by atoms with van der Waals surface area (Å²) in [5.41, 5.74) is 0. The number of halogens is 1. The molecule has 2 rings (SSSR count). The summed E-state index contributed by atoms with van der Waals surface area (Å²) < 4.78 is 10.4. The molecule has 0 spiro atoms. The minimum Gasteiger partial charge on any atom is -0.384 e. The first kappa shape index (κ1) is 12.9. The lowest BCUT2D eigenvalue weighted by Gasteiger charge is -1.98. The molecule has 7 heteroatoms. The topological polar surface area (TPSA) is 47.0 Å². The Labute approximate surface area is 116 Å². The molecule has 92 valence electrons. The Morgan fingerprint density at radius 2 is 2.35 bits per heavy atom. The monoisotopic (exact) mass is 333 g/mol. The number of nitrogens with zero attached hydrogens (tertiary/aromatic N) is 2. The minimum atomic E-state index is 0.661. The summed E-state index contributed by atoms with van der Waals surface area (Å²) in [6.45, 7) is 1.45. The summed E-state index contributed by atoms with van der Waals surface area (Å²) in [5, 5.41) is 4.13. The fourth-order valence-corrected chi connectivity index (χ4v) is 3.26. The van der Waals surface area contributed by atoms with E-state index in [1.807, 2.05) is 6.07 Å². The highest BCUT2D eigenvalue weighted by molar-refractivity contribution is 9.11. The standard InChI is InChI=1S/C10H12BrN3OS2/c1-15-5-4-9-13-10(17-14-9)12-6-7-2-3-8(11)16-7/h2-3H,4-6H2,1H3,(H,12,13,14). The Morgan fingerprint density at radius 1 is 1.47 bits per heavy atom. The van der Waals surface area contributed by atoms with Crippen molar-refractivity contribution in [2.24, 2.45) is 0 Å². The number of hydrogen-bond donors (Lipinski definition) is 1. The van der Waals surface area contributed by atoms with Crippen LogP contribution in [0.2, 0.25) is 0 Å². The van der Waals surface area contributed by atoms with Crippen LogP contribution in [-0.4, -0.2) is 23.1 Å². The lowest BCUT2D eigenvalue weighted by molar-refractivity contribution is 0.201. The van der Waals surface area contributed by atoms with Gasteiger partial charge in [-0.25, -0.2) is 4.98 Å². The fraction of sp³-hybridized carbons (Fsp3) is 0.400. The molecule has 0 aromatic carbocycles. The maximum atomic E-state index is 4.99. The van der Waals surface area contributed by atoms with E-state index in [2.05, 4.69) is 36.7 Å². The molecule has 2 aromatic heterocycles. The Bertz CT molecular complexity index is 472. The van der Waals surface area contributed by atoms with Gasteiger partial charge in [0.2, 0.25) is 5.13 Å². The quantitative estimate of drug-likeness (QED) is 0.881. The van der Waals surface area contributed by atoms with Gasteiger partial charge in [0.15, 0.2) is 0 Å². The Balaban J connectivity index is 1.84. The maximum Gasteiger partial charge on any atom is 0.202 e. The first-order valence-corrected chi connectivity index (χ1v) is 7.46. The second kappa shape index (κ2) is 6.44. The normalized spacial score (nSPS) is 10.7. The van der Waals surface area contributed by atoms with Gasteiger partial charge in [-0.3, -0.25) is 0 Å². The van der Waals surface area contributed by atoms with E-state index in [-0.39, 0.29) is 0 Å². The van der Waals surface area contributed by atoms with Crippen LogP contribution in [0, 0.1) is 0 Å². The van der Waals surface area contributed by atoms with E-state index in [9.17, 15) is 0 Å². The zero-order valence-electron chi connectivity index (χ0n) is 9.27. The predicted molar refractivity (Wildman–Crippen MR) is 74.8 cm³/mol. The highest BCUT2D eigenvalue weighted by Gasteiger charge is 2.04. The number of anilines is 1. The smallest absolute Gasteiger partial charge is 0.202 e. The summed E-state index contributed by atoms with van der Waals surface area (Å²) in [5.74, 6) is 0.840. The van der Waals surface area contributed by atoms with Gasteiger partial charge in [0.05, 0.1) is 16.9 Å². The molecule has 0 saturated heterocycles. The molecule has 2 aromatic rings. The molecule has 0 saturated carbocycles. The molecule has 4 nitrogen and oxygen atoms in total. The van der Waals surface area contributed by atoms with Gasteiger partial charge in [-0.1, -0.05) is 0 Å². The summed E-state index contributed by atoms with van der Waals surface area (Å²) in [4.78, 5) is 5.65. The van der Waals surface area contributed by atoms with Gasteiger partial charge in [-0.15, -0.1) is 11.3 Å². The molecule has 2 heterocycles. The van der Waals surface area contributed by atoms with Gasteiger partial charge < -0.3 is 10.1 Å². The van der Waals surface area contributed by atoms with Crippen LogP contribution in [0.3, 0.4) is 0 Å². The van der Waals surface area contributed by atoms with Crippen molar-refractivity contribution in [3.63, 3.8) is 0 Å². The summed E-state index contributed by atoms with van der Waals surface area (Å²) in [6, 6.07) is 4.14. The molecule has 0 bridgehead atoms. The van der Waals surface area contributed by atoms with Crippen LogP contribution >= 0.6 is 38.8 Å². The van der Waals surface area contributed by atoms with Crippen molar-refractivity contribution in [2.75, 3.05) is 19.0 Å². The molecule has 0 fully saturated rings. The van der Waals surface area contributed by atoms with Crippen LogP contribution in [0.15, 0.2) is 15.9 Å². The second-order valence-corrected chi connectivity index (χ2v) is 6.62. The summed E-state index contributed by atoms with van der Waals surface area (Å²) >= 11 is 6.55. The molecule has 0 amide bonds. The average molecular weight is 334 g/mol. The van der Waals surface area contributed by atoms with Crippen molar-refractivity contribution in [1.82, 2.24) is 9.36 Å². The zero-order valence-corrected chi connectivity index (χ0v) is 12.5. The van der Waals surface area contributed by atoms with E-state index >= 15 is 0 Å². The number of nitrogens with one attached hydrogen (secondary N) is 1. The van der Waals surface area contributed by atoms with Crippen LogP contribution in [0.5, 0.6) is 0 Å². The molecule has 17 heavy (non-hydrogen) atoms. The molecule has 0 radical (unpaired) electrons. The number of hydrogen-bond acceptors (Lipinski definition) is 6. The maximum absolute atomic E-state index is 4.99. The van der Waals surface area contributed by atoms with E-state index < -0.39 is 0 Å². The zero-order chi connectivity index (χ0) is 12.1. The molecular formula is C10H12BrN3OS2. The van der Waals surface area contributed by atoms with Gasteiger partial charge >= 0.3 is 0 Å². The van der Waals surface area contributed by atoms with E-state index in [1.165, 1.54) is 16.4 Å². The average Bonchev–Trinajstić information content (AvgIpc) is 2.93. The highest BCUT2D eigenvalue weighted by atomic mass is 79.9. The Hall–Kier alpha value is -0.500. The Morgan fingerprint density at radius 3 is 3.06 bits per heavy atom. The third-order valence-corrected chi connectivity index (χ3v) is 4.37. The lowest BCUT2D eigenvalue weighted by Crippen LogP contribution is -1.99. The first-order valence-electron chi connectivity index (χ1n) is 5.07. The van der Waals surface area contributed by atoms with Crippen molar-refractivity contribution >= 4 is 43.9 Å². The molecule has 0 aliphatic heterocycles. The van der Waals surface area contributed by atoms with Gasteiger partial charge in [-0.05, 0) is 28.1 Å². The van der Waals surface area contributed by atoms with E-state index in [0.717, 1.165) is 27.7 Å². The van der Waals surface area contributed by atoms with E-state index in [0.29, 0.717) is 6.61 Å². The minimum absolute atomic E-state index is 0.661. The number of rotatable bonds is 6. The van der Waals surface area contributed by atoms with Gasteiger partial charge in [-0.2, -0.15) is 4.37 Å². The van der Waals surface area contributed by atoms with Crippen molar-refractivity contribution in [3.8, 4) is 0 Å². The number of thiophene rings is 1. The van der Waals surface area contributed by atoms with Crippen molar-refractivity contribution in [2.45, 2.75) is 13.0 Å². The van der Waals surface area contributed by atoms with Gasteiger partial charge in [0, 0.05) is 29.9 Å². The van der Waals surface area contributed by atoms with Crippen molar-refractivity contribution < 1.29 is 4.74 Å². The van der Waals surface area contributed by atoms with Crippen molar-refractivity contribution in [1.29, 1.82) is 0 Å². The largest absolute Gasteiger partial charge is 0.384 e. The predicted octanol–water partition coefficient (Wildman–Crippen LogP) is 3.16. The van der Waals surface area contributed by atoms with Crippen LogP contribution in [-0.2, 0) is 17.7 Å². The molecule has 0 aliphatic carbocycles. The third kappa shape index (κ3) is 4.02. The highest BCUT2D eigenvalue weighted by Crippen LogP contribution is 2.23. The SMILES string of the molecule is COCCc1nsc(NCc2ccc(Br)s2)n1. The fourth-order valence-electron chi connectivity index (χ4n) is 1.23. The second-order valence-electron chi connectivity index (χ2n) is 3.32. The molecule has 0 aliphatic rings. The van der Waals surface area contributed by atoms with Crippen LogP contribution in [0.25, 0.3) is 0 Å². The molecular weight excluding hydrogens is 322 g/mol. The molecule has 0 unspecified atom stereocenters. The van der Waals surface area contributed by atoms with E-state index in [1.54, 1.807) is 18.4 Å². The molecule has 0 atom stereocenters. The van der Waals surface area contributed by atoms with Crippen LogP contribution in [0.1, 0.15) is 10.7 Å². The number of methoxy groups -OCH3 is 1. The van der Waals surface area contributed by atoms with Gasteiger partial charge in [0.1, 0.15) is 5.82 Å². The van der Waals surface area contributed by atoms with Crippen LogP contribution in [0.4, 0.5) is 5.13 Å². The summed E-state index contributed by atoms with van der Waals surface area (Å²) in [6.07, 6.45) is 0.763. The first-order chi connectivity index (χ1) is 8.28. The molecule has 1 N–H and O–H groups in total. The summed E-state index contributed by atoms with van der Waals surface area (Å²) in [7, 11) is 1.68. The third-order valence-electron chi connectivity index (χ3n) is 2.04. The van der Waals surface area contributed by atoms with Gasteiger partial charge in [0.25, 0.3) is 0 Å².